The molecule has 0 N–H and O–H groups in total. The second-order valence-electron chi connectivity index (χ2n) is 2.03. The Morgan fingerprint density at radius 3 is 2.70 bits per heavy atom. The summed E-state index contributed by atoms with van der Waals surface area (Å²) >= 11 is 0. The van der Waals surface area contributed by atoms with E-state index in [1.165, 1.54) is 0 Å². The summed E-state index contributed by atoms with van der Waals surface area (Å²) < 4.78 is 11.4. The topological polar surface area (TPSA) is 17.1 Å². The molecule has 56 valence electrons. The highest BCUT2D eigenvalue weighted by atomic mass is 19.1. The summed E-state index contributed by atoms with van der Waals surface area (Å²) in [4.78, 5) is 9.64. The number of hydrogen-bond donors (Lipinski definition) is 0. The molecule has 0 atom stereocenters. The van der Waals surface area contributed by atoms with E-state index >= 15 is 0 Å². The van der Waals surface area contributed by atoms with Crippen molar-refractivity contribution in [3.8, 4) is 11.8 Å². The Bertz CT molecular complexity index is 152. The number of rotatable bonds is 3. The van der Waals surface area contributed by atoms with Gasteiger partial charge in [0.05, 0.1) is 0 Å². The first-order valence-corrected chi connectivity index (χ1v) is 3.45. The SMILES string of the molecule is CCCCCC#CC(=O)F. The molecule has 0 aromatic carbocycles. The second-order valence-corrected chi connectivity index (χ2v) is 2.03. The molecular formula is C8H11FO. The van der Waals surface area contributed by atoms with Crippen molar-refractivity contribution in [2.45, 2.75) is 32.6 Å². The van der Waals surface area contributed by atoms with E-state index in [4.69, 9.17) is 0 Å². The predicted octanol–water partition coefficient (Wildman–Crippen LogP) is 2.07. The molecule has 0 aliphatic rings. The summed E-state index contributed by atoms with van der Waals surface area (Å²) in [6, 6.07) is -1.53. The number of carbonyl (C=O) groups is 1. The third kappa shape index (κ3) is 7.16. The molecule has 2 heteroatoms. The van der Waals surface area contributed by atoms with Gasteiger partial charge < -0.3 is 0 Å². The third-order valence-electron chi connectivity index (χ3n) is 1.09. The van der Waals surface area contributed by atoms with Crippen LogP contribution in [0, 0.1) is 11.8 Å². The third-order valence-corrected chi connectivity index (χ3v) is 1.09. The monoisotopic (exact) mass is 142 g/mol. The Balaban J connectivity index is 3.20. The zero-order chi connectivity index (χ0) is 7.82. The minimum atomic E-state index is -1.53. The lowest BCUT2D eigenvalue weighted by Gasteiger charge is -1.86. The van der Waals surface area contributed by atoms with Gasteiger partial charge in [-0.15, -0.1) is 4.39 Å². The first-order chi connectivity index (χ1) is 4.77. The Kier molecular flexibility index (Phi) is 5.75. The van der Waals surface area contributed by atoms with E-state index in [0.29, 0.717) is 6.42 Å². The van der Waals surface area contributed by atoms with Crippen molar-refractivity contribution in [2.24, 2.45) is 0 Å². The van der Waals surface area contributed by atoms with E-state index in [9.17, 15) is 9.18 Å². The van der Waals surface area contributed by atoms with E-state index in [-0.39, 0.29) is 0 Å². The molecule has 10 heavy (non-hydrogen) atoms. The Morgan fingerprint density at radius 2 is 2.20 bits per heavy atom. The van der Waals surface area contributed by atoms with Crippen LogP contribution in [-0.4, -0.2) is 6.04 Å². The van der Waals surface area contributed by atoms with Crippen LogP contribution in [0.5, 0.6) is 0 Å². The van der Waals surface area contributed by atoms with Gasteiger partial charge in [-0.2, -0.15) is 0 Å². The number of hydrogen-bond acceptors (Lipinski definition) is 1. The number of halogens is 1. The van der Waals surface area contributed by atoms with Crippen LogP contribution in [0.15, 0.2) is 0 Å². The minimum Gasteiger partial charge on any atom is -0.245 e. The maximum Gasteiger partial charge on any atom is 0.375 e. The molecule has 0 rings (SSSR count). The zero-order valence-corrected chi connectivity index (χ0v) is 6.11. The lowest BCUT2D eigenvalue weighted by molar-refractivity contribution is -0.123. The molecular weight excluding hydrogens is 131 g/mol. The molecule has 0 aliphatic heterocycles. The van der Waals surface area contributed by atoms with Crippen LogP contribution in [0.4, 0.5) is 4.39 Å². The number of unbranched alkanes of at least 4 members (excludes halogenated alkanes) is 3. The fraction of sp³-hybridized carbons (Fsp3) is 0.625. The predicted molar refractivity (Wildman–Crippen MR) is 38.0 cm³/mol. The van der Waals surface area contributed by atoms with Gasteiger partial charge in [0.25, 0.3) is 0 Å². The van der Waals surface area contributed by atoms with Gasteiger partial charge in [-0.25, -0.2) is 4.79 Å². The molecule has 1 nitrogen and oxygen atoms in total. The molecule has 0 aromatic heterocycles. The summed E-state index contributed by atoms with van der Waals surface area (Å²) in [6.45, 7) is 2.08. The quantitative estimate of drug-likeness (QED) is 0.335. The average Bonchev–Trinajstić information content (AvgIpc) is 1.87. The van der Waals surface area contributed by atoms with Gasteiger partial charge in [-0.3, -0.25) is 0 Å². The van der Waals surface area contributed by atoms with Gasteiger partial charge in [0.2, 0.25) is 0 Å². The molecule has 0 fully saturated rings. The molecule has 0 radical (unpaired) electrons. The second kappa shape index (κ2) is 6.28. The van der Waals surface area contributed by atoms with Gasteiger partial charge >= 0.3 is 6.04 Å². The Hall–Kier alpha value is -0.840. The van der Waals surface area contributed by atoms with Gasteiger partial charge in [-0.1, -0.05) is 25.7 Å². The summed E-state index contributed by atoms with van der Waals surface area (Å²) in [5, 5.41) is 0. The largest absolute Gasteiger partial charge is 0.375 e. The van der Waals surface area contributed by atoms with Crippen LogP contribution in [0.1, 0.15) is 32.6 Å². The van der Waals surface area contributed by atoms with Crippen LogP contribution in [0.25, 0.3) is 0 Å². The maximum atomic E-state index is 11.4. The van der Waals surface area contributed by atoms with Crippen molar-refractivity contribution >= 4 is 6.04 Å². The van der Waals surface area contributed by atoms with Crippen molar-refractivity contribution < 1.29 is 9.18 Å². The fourth-order valence-electron chi connectivity index (χ4n) is 0.595. The Labute approximate surface area is 60.6 Å². The van der Waals surface area contributed by atoms with Crippen LogP contribution in [0.3, 0.4) is 0 Å². The molecule has 0 spiro atoms. The molecule has 0 amide bonds. The summed E-state index contributed by atoms with van der Waals surface area (Å²) in [7, 11) is 0. The van der Waals surface area contributed by atoms with E-state index in [2.05, 4.69) is 12.8 Å². The summed E-state index contributed by atoms with van der Waals surface area (Å²) in [5.41, 5.74) is 0. The van der Waals surface area contributed by atoms with Crippen LogP contribution >= 0.6 is 0 Å². The average molecular weight is 142 g/mol. The molecule has 0 heterocycles. The van der Waals surface area contributed by atoms with Crippen LogP contribution in [-0.2, 0) is 4.79 Å². The summed E-state index contributed by atoms with van der Waals surface area (Å²) in [5.74, 6) is 4.29. The van der Waals surface area contributed by atoms with E-state index in [0.717, 1.165) is 19.3 Å². The van der Waals surface area contributed by atoms with Crippen LogP contribution < -0.4 is 0 Å². The molecule has 0 saturated carbocycles. The molecule has 0 unspecified atom stereocenters. The highest BCUT2D eigenvalue weighted by molar-refractivity contribution is 5.87. The summed E-state index contributed by atoms with van der Waals surface area (Å²) in [6.07, 6.45) is 3.79. The normalized spacial score (nSPS) is 8.20. The lowest BCUT2D eigenvalue weighted by atomic mass is 10.2. The van der Waals surface area contributed by atoms with Crippen molar-refractivity contribution in [2.75, 3.05) is 0 Å². The maximum absolute atomic E-state index is 11.4. The standard InChI is InChI=1S/C8H11FO/c1-2-3-4-5-6-7-8(9)10/h2-5H2,1H3. The molecule has 0 bridgehead atoms. The van der Waals surface area contributed by atoms with Gasteiger partial charge in [0.15, 0.2) is 0 Å². The fourth-order valence-corrected chi connectivity index (χ4v) is 0.595. The highest BCUT2D eigenvalue weighted by Crippen LogP contribution is 1.96. The first kappa shape index (κ1) is 9.16. The van der Waals surface area contributed by atoms with E-state index < -0.39 is 6.04 Å². The first-order valence-electron chi connectivity index (χ1n) is 3.45. The van der Waals surface area contributed by atoms with Gasteiger partial charge in [0, 0.05) is 12.3 Å². The molecule has 0 aromatic rings. The molecule has 0 saturated heterocycles. The van der Waals surface area contributed by atoms with Gasteiger partial charge in [-0.05, 0) is 6.42 Å². The Morgan fingerprint density at radius 1 is 1.50 bits per heavy atom. The van der Waals surface area contributed by atoms with Crippen molar-refractivity contribution in [1.82, 2.24) is 0 Å². The van der Waals surface area contributed by atoms with Crippen molar-refractivity contribution in [3.05, 3.63) is 0 Å². The number of carbonyl (C=O) groups excluding carboxylic acids is 1. The lowest BCUT2D eigenvalue weighted by Crippen LogP contribution is -1.78. The zero-order valence-electron chi connectivity index (χ0n) is 6.11. The minimum absolute atomic E-state index is 0.628. The smallest absolute Gasteiger partial charge is 0.245 e. The van der Waals surface area contributed by atoms with Crippen molar-refractivity contribution in [3.63, 3.8) is 0 Å². The van der Waals surface area contributed by atoms with E-state index in [1.807, 2.05) is 5.92 Å². The van der Waals surface area contributed by atoms with Crippen molar-refractivity contribution in [1.29, 1.82) is 0 Å². The van der Waals surface area contributed by atoms with Crippen LogP contribution in [0.2, 0.25) is 0 Å². The molecule has 0 aliphatic carbocycles. The highest BCUT2D eigenvalue weighted by Gasteiger charge is 1.84. The van der Waals surface area contributed by atoms with Gasteiger partial charge in [0.1, 0.15) is 0 Å². The van der Waals surface area contributed by atoms with E-state index in [1.54, 1.807) is 0 Å².